The van der Waals surface area contributed by atoms with Crippen molar-refractivity contribution in [2.45, 2.75) is 58.3 Å². The van der Waals surface area contributed by atoms with E-state index in [2.05, 4.69) is 6.92 Å². The van der Waals surface area contributed by atoms with Gasteiger partial charge in [0.2, 0.25) is 0 Å². The average molecular weight is 274 g/mol. The Bertz CT molecular complexity index is 195. The molecule has 4 heteroatoms. The van der Waals surface area contributed by atoms with Crippen LogP contribution in [0.5, 0.6) is 0 Å². The zero-order valence-corrected chi connectivity index (χ0v) is 12.6. The Kier molecular flexibility index (Phi) is 15.0. The van der Waals surface area contributed by atoms with Crippen molar-refractivity contribution in [2.75, 3.05) is 33.5 Å². The fourth-order valence-electron chi connectivity index (χ4n) is 1.76. The van der Waals surface area contributed by atoms with E-state index in [1.165, 1.54) is 38.5 Å². The van der Waals surface area contributed by atoms with E-state index in [4.69, 9.17) is 14.2 Å². The van der Waals surface area contributed by atoms with E-state index in [1.807, 2.05) is 0 Å². The fraction of sp³-hybridized carbons (Fsp3) is 0.933. The van der Waals surface area contributed by atoms with Crippen LogP contribution < -0.4 is 0 Å². The molecule has 0 fully saturated rings. The van der Waals surface area contributed by atoms with E-state index in [-0.39, 0.29) is 12.6 Å². The molecule has 0 spiro atoms. The number of methoxy groups -OCH3 is 1. The minimum absolute atomic E-state index is 0.0282. The topological polar surface area (TPSA) is 44.8 Å². The van der Waals surface area contributed by atoms with Crippen molar-refractivity contribution < 1.29 is 19.0 Å². The molecule has 0 aliphatic heterocycles. The van der Waals surface area contributed by atoms with Crippen molar-refractivity contribution in [1.82, 2.24) is 0 Å². The smallest absolute Gasteiger partial charge is 0.332 e. The van der Waals surface area contributed by atoms with Crippen LogP contribution in [0.2, 0.25) is 0 Å². The summed E-state index contributed by atoms with van der Waals surface area (Å²) < 4.78 is 14.9. The van der Waals surface area contributed by atoms with Crippen LogP contribution in [0.4, 0.5) is 0 Å². The van der Waals surface area contributed by atoms with Gasteiger partial charge in [0.1, 0.15) is 6.61 Å². The van der Waals surface area contributed by atoms with Gasteiger partial charge in [0.05, 0.1) is 19.8 Å². The van der Waals surface area contributed by atoms with Crippen molar-refractivity contribution in [3.05, 3.63) is 0 Å². The molecule has 0 aliphatic rings. The number of hydrogen-bond donors (Lipinski definition) is 0. The molecule has 4 nitrogen and oxygen atoms in total. The lowest BCUT2D eigenvalue weighted by molar-refractivity contribution is -0.149. The molecule has 0 heterocycles. The zero-order valence-electron chi connectivity index (χ0n) is 12.6. The quantitative estimate of drug-likeness (QED) is 0.360. The number of unbranched alkanes of at least 4 members (excludes halogenated alkanes) is 7. The number of carbonyl (C=O) groups excluding carboxylic acids is 1. The lowest BCUT2D eigenvalue weighted by Gasteiger charge is -2.05. The maximum Gasteiger partial charge on any atom is 0.332 e. The average Bonchev–Trinajstić information content (AvgIpc) is 2.42. The minimum atomic E-state index is -0.279. The summed E-state index contributed by atoms with van der Waals surface area (Å²) in [5.74, 6) is -0.279. The molecule has 0 bridgehead atoms. The summed E-state index contributed by atoms with van der Waals surface area (Å²) in [5.41, 5.74) is 0. The van der Waals surface area contributed by atoms with E-state index in [0.29, 0.717) is 19.8 Å². The molecule has 0 unspecified atom stereocenters. The van der Waals surface area contributed by atoms with Crippen molar-refractivity contribution in [3.8, 4) is 0 Å². The molecule has 0 saturated carbocycles. The summed E-state index contributed by atoms with van der Waals surface area (Å²) in [5, 5.41) is 0. The number of hydrogen-bond acceptors (Lipinski definition) is 4. The highest BCUT2D eigenvalue weighted by molar-refractivity contribution is 5.70. The predicted molar refractivity (Wildman–Crippen MR) is 76.3 cm³/mol. The Morgan fingerprint density at radius 2 is 1.47 bits per heavy atom. The van der Waals surface area contributed by atoms with Crippen LogP contribution in [0.1, 0.15) is 58.3 Å². The number of esters is 1. The van der Waals surface area contributed by atoms with Gasteiger partial charge in [-0.15, -0.1) is 0 Å². The van der Waals surface area contributed by atoms with Gasteiger partial charge >= 0.3 is 5.97 Å². The third-order valence-electron chi connectivity index (χ3n) is 2.91. The van der Waals surface area contributed by atoms with Crippen LogP contribution in [0.3, 0.4) is 0 Å². The van der Waals surface area contributed by atoms with Gasteiger partial charge < -0.3 is 14.2 Å². The largest absolute Gasteiger partial charge is 0.464 e. The first-order chi connectivity index (χ1) is 9.31. The Hall–Kier alpha value is -0.610. The third kappa shape index (κ3) is 15.3. The lowest BCUT2D eigenvalue weighted by atomic mass is 10.1. The van der Waals surface area contributed by atoms with Crippen LogP contribution in [-0.4, -0.2) is 39.5 Å². The standard InChI is InChI=1S/C15H30O4/c1-3-4-5-6-7-8-9-10-11-19-15(16)14-18-13-12-17-2/h3-14H2,1-2H3. The van der Waals surface area contributed by atoms with Crippen LogP contribution in [0, 0.1) is 0 Å². The zero-order chi connectivity index (χ0) is 14.2. The predicted octanol–water partition coefficient (Wildman–Crippen LogP) is 3.33. The van der Waals surface area contributed by atoms with Crippen molar-refractivity contribution >= 4 is 5.97 Å². The second kappa shape index (κ2) is 15.4. The fourth-order valence-corrected chi connectivity index (χ4v) is 1.76. The molecule has 19 heavy (non-hydrogen) atoms. The summed E-state index contributed by atoms with van der Waals surface area (Å²) in [6.07, 6.45) is 9.97. The van der Waals surface area contributed by atoms with Gasteiger partial charge in [-0.05, 0) is 6.42 Å². The first kappa shape index (κ1) is 18.4. The molecule has 0 amide bonds. The van der Waals surface area contributed by atoms with Gasteiger partial charge in [-0.1, -0.05) is 51.9 Å². The Labute approximate surface area is 117 Å². The number of ether oxygens (including phenoxy) is 3. The number of carbonyl (C=O) groups is 1. The van der Waals surface area contributed by atoms with Crippen molar-refractivity contribution in [1.29, 1.82) is 0 Å². The summed E-state index contributed by atoms with van der Waals surface area (Å²) in [6.45, 7) is 3.71. The number of rotatable bonds is 14. The van der Waals surface area contributed by atoms with Crippen LogP contribution in [0.25, 0.3) is 0 Å². The Morgan fingerprint density at radius 3 is 2.11 bits per heavy atom. The summed E-state index contributed by atoms with van der Waals surface area (Å²) in [7, 11) is 1.60. The van der Waals surface area contributed by atoms with Gasteiger partial charge in [-0.2, -0.15) is 0 Å². The van der Waals surface area contributed by atoms with Gasteiger partial charge in [0.25, 0.3) is 0 Å². The molecular weight excluding hydrogens is 244 g/mol. The maximum absolute atomic E-state index is 11.2. The molecule has 0 atom stereocenters. The van der Waals surface area contributed by atoms with Gasteiger partial charge in [-0.25, -0.2) is 4.79 Å². The maximum atomic E-state index is 11.2. The van der Waals surface area contributed by atoms with Crippen LogP contribution in [0.15, 0.2) is 0 Å². The van der Waals surface area contributed by atoms with Gasteiger partial charge in [-0.3, -0.25) is 0 Å². The van der Waals surface area contributed by atoms with E-state index >= 15 is 0 Å². The normalized spacial score (nSPS) is 10.6. The monoisotopic (exact) mass is 274 g/mol. The first-order valence-corrected chi connectivity index (χ1v) is 7.53. The molecule has 0 N–H and O–H groups in total. The van der Waals surface area contributed by atoms with E-state index < -0.39 is 0 Å². The van der Waals surface area contributed by atoms with Gasteiger partial charge in [0.15, 0.2) is 0 Å². The molecule has 0 radical (unpaired) electrons. The Morgan fingerprint density at radius 1 is 0.842 bits per heavy atom. The molecular formula is C15H30O4. The van der Waals surface area contributed by atoms with Crippen LogP contribution >= 0.6 is 0 Å². The van der Waals surface area contributed by atoms with E-state index in [0.717, 1.165) is 12.8 Å². The minimum Gasteiger partial charge on any atom is -0.464 e. The third-order valence-corrected chi connectivity index (χ3v) is 2.91. The highest BCUT2D eigenvalue weighted by atomic mass is 16.6. The summed E-state index contributed by atoms with van der Waals surface area (Å²) in [6, 6.07) is 0. The van der Waals surface area contributed by atoms with Crippen LogP contribution in [-0.2, 0) is 19.0 Å². The summed E-state index contributed by atoms with van der Waals surface area (Å²) in [4.78, 5) is 11.2. The second-order valence-corrected chi connectivity index (χ2v) is 4.74. The highest BCUT2D eigenvalue weighted by Crippen LogP contribution is 2.08. The highest BCUT2D eigenvalue weighted by Gasteiger charge is 2.02. The molecule has 0 aliphatic carbocycles. The second-order valence-electron chi connectivity index (χ2n) is 4.74. The first-order valence-electron chi connectivity index (χ1n) is 7.53. The van der Waals surface area contributed by atoms with Crippen molar-refractivity contribution in [3.63, 3.8) is 0 Å². The molecule has 0 saturated heterocycles. The summed E-state index contributed by atoms with van der Waals surface area (Å²) >= 11 is 0. The SMILES string of the molecule is CCCCCCCCCCOC(=O)COCCOC. The lowest BCUT2D eigenvalue weighted by Crippen LogP contribution is -2.15. The van der Waals surface area contributed by atoms with Gasteiger partial charge in [0, 0.05) is 7.11 Å². The van der Waals surface area contributed by atoms with Crippen molar-refractivity contribution in [2.24, 2.45) is 0 Å². The Balaban J connectivity index is 3.10. The van der Waals surface area contributed by atoms with E-state index in [1.54, 1.807) is 7.11 Å². The molecule has 0 rings (SSSR count). The molecule has 0 aromatic carbocycles. The molecule has 114 valence electrons. The molecule has 0 aromatic heterocycles. The molecule has 0 aromatic rings. The van der Waals surface area contributed by atoms with E-state index in [9.17, 15) is 4.79 Å².